The molecule has 0 saturated heterocycles. The van der Waals surface area contributed by atoms with Gasteiger partial charge in [-0.3, -0.25) is 0 Å². The number of aliphatic hydroxyl groups excluding tert-OH is 1. The molecule has 4 rings (SSSR count). The van der Waals surface area contributed by atoms with E-state index in [1.54, 1.807) is 6.07 Å². The highest BCUT2D eigenvalue weighted by atomic mass is 35.5. The van der Waals surface area contributed by atoms with E-state index >= 15 is 0 Å². The van der Waals surface area contributed by atoms with Gasteiger partial charge < -0.3 is 20.5 Å². The van der Waals surface area contributed by atoms with E-state index < -0.39 is 29.6 Å². The zero-order valence-corrected chi connectivity index (χ0v) is 16.4. The first-order valence-electron chi connectivity index (χ1n) is 9.27. The number of amides is 2. The van der Waals surface area contributed by atoms with Crippen LogP contribution in [0.15, 0.2) is 30.3 Å². The van der Waals surface area contributed by atoms with Crippen molar-refractivity contribution in [1.82, 2.24) is 5.32 Å². The number of rotatable bonds is 2. The number of benzene rings is 2. The van der Waals surface area contributed by atoms with E-state index in [1.165, 1.54) is 6.07 Å². The van der Waals surface area contributed by atoms with Gasteiger partial charge >= 0.3 is 6.03 Å². The molecule has 2 aromatic carbocycles. The van der Waals surface area contributed by atoms with E-state index in [1.807, 2.05) is 32.0 Å². The molecule has 1 heterocycles. The number of anilines is 1. The number of carbonyl (C=O) groups is 1. The van der Waals surface area contributed by atoms with Gasteiger partial charge in [-0.15, -0.1) is 0 Å². The Kier molecular flexibility index (Phi) is 4.71. The summed E-state index contributed by atoms with van der Waals surface area (Å²) in [6.07, 6.45) is 1.17. The molecule has 0 spiro atoms. The van der Waals surface area contributed by atoms with Crippen molar-refractivity contribution in [2.75, 3.05) is 5.32 Å². The van der Waals surface area contributed by atoms with Crippen LogP contribution < -0.4 is 15.4 Å². The van der Waals surface area contributed by atoms with Crippen LogP contribution in [0.2, 0.25) is 5.02 Å². The fourth-order valence-corrected chi connectivity index (χ4v) is 4.18. The molecule has 2 atom stereocenters. The summed E-state index contributed by atoms with van der Waals surface area (Å²) in [5.74, 6) is -0.535. The van der Waals surface area contributed by atoms with Gasteiger partial charge in [0, 0.05) is 24.1 Å². The van der Waals surface area contributed by atoms with Gasteiger partial charge in [0.15, 0.2) is 11.6 Å². The first-order chi connectivity index (χ1) is 13.2. The van der Waals surface area contributed by atoms with E-state index in [2.05, 4.69) is 10.6 Å². The van der Waals surface area contributed by atoms with Crippen LogP contribution in [0.4, 0.5) is 14.9 Å². The van der Waals surface area contributed by atoms with Crippen LogP contribution in [0.1, 0.15) is 43.0 Å². The number of ether oxygens (including phenoxy) is 1. The van der Waals surface area contributed by atoms with Gasteiger partial charge in [0.1, 0.15) is 5.60 Å². The molecule has 0 radical (unpaired) electrons. The van der Waals surface area contributed by atoms with Gasteiger partial charge in [-0.05, 0) is 43.5 Å². The van der Waals surface area contributed by atoms with Crippen molar-refractivity contribution in [2.24, 2.45) is 0 Å². The molecule has 0 fully saturated rings. The summed E-state index contributed by atoms with van der Waals surface area (Å²) in [6, 6.07) is 7.96. The molecule has 2 aromatic rings. The van der Waals surface area contributed by atoms with Gasteiger partial charge in [-0.2, -0.15) is 0 Å². The smallest absolute Gasteiger partial charge is 0.319 e. The summed E-state index contributed by atoms with van der Waals surface area (Å²) in [6.45, 7) is 3.68. The zero-order chi connectivity index (χ0) is 20.1. The summed E-state index contributed by atoms with van der Waals surface area (Å²) in [4.78, 5) is 12.7. The van der Waals surface area contributed by atoms with Crippen molar-refractivity contribution < 1.29 is 19.0 Å². The second-order valence-electron chi connectivity index (χ2n) is 8.00. The normalized spacial score (nSPS) is 22.0. The molecule has 5 nitrogen and oxygen atoms in total. The Labute approximate surface area is 167 Å². The average Bonchev–Trinajstić information content (AvgIpc) is 2.99. The second-order valence-corrected chi connectivity index (χ2v) is 8.41. The number of halogens is 2. The fraction of sp³-hybridized carbons (Fsp3) is 0.381. The maximum absolute atomic E-state index is 14.5. The van der Waals surface area contributed by atoms with Crippen molar-refractivity contribution in [1.29, 1.82) is 0 Å². The topological polar surface area (TPSA) is 70.6 Å². The number of nitrogens with one attached hydrogen (secondary N) is 2. The maximum atomic E-state index is 14.5. The Bertz CT molecular complexity index is 947. The van der Waals surface area contributed by atoms with Gasteiger partial charge in [0.2, 0.25) is 0 Å². The van der Waals surface area contributed by atoms with Crippen LogP contribution in [0.25, 0.3) is 0 Å². The minimum atomic E-state index is -0.658. The van der Waals surface area contributed by atoms with E-state index in [-0.39, 0.29) is 10.8 Å². The lowest BCUT2D eigenvalue weighted by Crippen LogP contribution is -2.43. The molecule has 148 valence electrons. The van der Waals surface area contributed by atoms with Crippen LogP contribution in [0.3, 0.4) is 0 Å². The molecule has 2 aliphatic rings. The standard InChI is InChI=1S/C21H22ClFN2O3/c1-21(2)10-17(13-6-7-15(22)18(23)19(13)28-21)25-20(27)24-16-5-3-4-11-8-12(26)9-14(11)16/h3-7,12,17,26H,8-10H2,1-2H3,(H2,24,25,27)/t12-,17-/m1/s1. The molecule has 0 unspecified atom stereocenters. The average molecular weight is 405 g/mol. The van der Waals surface area contributed by atoms with Gasteiger partial charge in [-0.1, -0.05) is 29.8 Å². The lowest BCUT2D eigenvalue weighted by atomic mass is 9.89. The summed E-state index contributed by atoms with van der Waals surface area (Å²) in [5.41, 5.74) is 2.58. The first kappa shape index (κ1) is 19.0. The Morgan fingerprint density at radius 3 is 2.86 bits per heavy atom. The van der Waals surface area contributed by atoms with Crippen LogP contribution in [-0.2, 0) is 12.8 Å². The van der Waals surface area contributed by atoms with Crippen molar-refractivity contribution in [3.8, 4) is 5.75 Å². The van der Waals surface area contributed by atoms with E-state index in [0.29, 0.717) is 30.5 Å². The molecule has 2 amide bonds. The van der Waals surface area contributed by atoms with Crippen LogP contribution in [0.5, 0.6) is 5.75 Å². The Morgan fingerprint density at radius 2 is 2.07 bits per heavy atom. The van der Waals surface area contributed by atoms with Gasteiger partial charge in [0.05, 0.1) is 17.2 Å². The quantitative estimate of drug-likeness (QED) is 0.696. The highest BCUT2D eigenvalue weighted by molar-refractivity contribution is 6.30. The number of aliphatic hydroxyl groups is 1. The number of hydrogen-bond donors (Lipinski definition) is 3. The lowest BCUT2D eigenvalue weighted by Gasteiger charge is -2.38. The molecule has 0 aromatic heterocycles. The Hall–Kier alpha value is -2.31. The summed E-state index contributed by atoms with van der Waals surface area (Å²) in [5, 5.41) is 15.7. The predicted octanol–water partition coefficient (Wildman–Crippen LogP) is 4.36. The SMILES string of the molecule is CC1(C)C[C@@H](NC(=O)Nc2cccc3c2C[C@H](O)C3)c2ccc(Cl)c(F)c2O1. The summed E-state index contributed by atoms with van der Waals surface area (Å²) in [7, 11) is 0. The summed E-state index contributed by atoms with van der Waals surface area (Å²) < 4.78 is 20.2. The number of carbonyl (C=O) groups excluding carboxylic acids is 1. The highest BCUT2D eigenvalue weighted by Crippen LogP contribution is 2.43. The van der Waals surface area contributed by atoms with Gasteiger partial charge in [-0.25, -0.2) is 9.18 Å². The molecule has 0 saturated carbocycles. The van der Waals surface area contributed by atoms with Crippen LogP contribution in [0, 0.1) is 5.82 Å². The maximum Gasteiger partial charge on any atom is 0.319 e. The molecule has 7 heteroatoms. The minimum Gasteiger partial charge on any atom is -0.484 e. The Balaban J connectivity index is 1.56. The highest BCUT2D eigenvalue weighted by Gasteiger charge is 2.37. The molecule has 1 aliphatic carbocycles. The van der Waals surface area contributed by atoms with E-state index in [4.69, 9.17) is 16.3 Å². The molecular weight excluding hydrogens is 383 g/mol. The predicted molar refractivity (Wildman–Crippen MR) is 105 cm³/mol. The Morgan fingerprint density at radius 1 is 1.29 bits per heavy atom. The molecule has 0 bridgehead atoms. The molecular formula is C21H22ClFN2O3. The zero-order valence-electron chi connectivity index (χ0n) is 15.7. The lowest BCUT2D eigenvalue weighted by molar-refractivity contribution is 0.0630. The number of fused-ring (bicyclic) bond motifs is 2. The van der Waals surface area contributed by atoms with Crippen LogP contribution in [-0.4, -0.2) is 22.8 Å². The molecule has 1 aliphatic heterocycles. The first-order valence-corrected chi connectivity index (χ1v) is 9.64. The van der Waals surface area contributed by atoms with Crippen molar-refractivity contribution in [2.45, 2.75) is 50.9 Å². The van der Waals surface area contributed by atoms with E-state index in [0.717, 1.165) is 11.1 Å². The third-order valence-electron chi connectivity index (χ3n) is 5.25. The second kappa shape index (κ2) is 6.94. The van der Waals surface area contributed by atoms with Crippen molar-refractivity contribution >= 4 is 23.3 Å². The number of hydrogen-bond acceptors (Lipinski definition) is 3. The number of urea groups is 1. The summed E-state index contributed by atoms with van der Waals surface area (Å²) >= 11 is 5.89. The third kappa shape index (κ3) is 3.54. The fourth-order valence-electron chi connectivity index (χ4n) is 4.04. The molecule has 3 N–H and O–H groups in total. The van der Waals surface area contributed by atoms with E-state index in [9.17, 15) is 14.3 Å². The largest absolute Gasteiger partial charge is 0.484 e. The van der Waals surface area contributed by atoms with Crippen molar-refractivity contribution in [3.05, 3.63) is 57.9 Å². The third-order valence-corrected chi connectivity index (χ3v) is 5.54. The van der Waals surface area contributed by atoms with Gasteiger partial charge in [0.25, 0.3) is 0 Å². The molecule has 28 heavy (non-hydrogen) atoms. The minimum absolute atomic E-state index is 0.0157. The monoisotopic (exact) mass is 404 g/mol. The van der Waals surface area contributed by atoms with Crippen LogP contribution >= 0.6 is 11.6 Å². The van der Waals surface area contributed by atoms with Crippen molar-refractivity contribution in [3.63, 3.8) is 0 Å².